The van der Waals surface area contributed by atoms with E-state index >= 15 is 0 Å². The molecule has 0 spiro atoms. The summed E-state index contributed by atoms with van der Waals surface area (Å²) in [5, 5.41) is 0. The van der Waals surface area contributed by atoms with Crippen molar-refractivity contribution in [1.82, 2.24) is 0 Å². The molecule has 1 fully saturated rings. The molecule has 0 N–H and O–H groups in total. The van der Waals surface area contributed by atoms with Crippen LogP contribution in [0.1, 0.15) is 43.0 Å². The van der Waals surface area contributed by atoms with Crippen LogP contribution in [0.2, 0.25) is 0 Å². The van der Waals surface area contributed by atoms with Crippen LogP contribution in [0.3, 0.4) is 0 Å². The minimum atomic E-state index is 0.117. The quantitative estimate of drug-likeness (QED) is 0.787. The molecule has 0 saturated heterocycles. The zero-order valence-corrected chi connectivity index (χ0v) is 13.1. The smallest absolute Gasteiger partial charge is 0.258 e. The second-order valence-corrected chi connectivity index (χ2v) is 6.29. The number of carbonyl (C=O) groups is 1. The summed E-state index contributed by atoms with van der Waals surface area (Å²) in [6.45, 7) is 2.31. The van der Waals surface area contributed by atoms with Crippen LogP contribution in [0.15, 0.2) is 60.7 Å². The maximum atomic E-state index is 13.1. The molecule has 2 aromatic rings. The van der Waals surface area contributed by atoms with E-state index in [1.165, 1.54) is 12.8 Å². The second kappa shape index (κ2) is 6.78. The second-order valence-electron chi connectivity index (χ2n) is 6.29. The van der Waals surface area contributed by atoms with Crippen molar-refractivity contribution in [3.05, 3.63) is 66.2 Å². The fraction of sp³-hybridized carbons (Fsp3) is 0.350. The molecule has 2 aromatic carbocycles. The van der Waals surface area contributed by atoms with Gasteiger partial charge in [-0.2, -0.15) is 0 Å². The molecule has 3 rings (SSSR count). The molecule has 0 bridgehead atoms. The van der Waals surface area contributed by atoms with Crippen LogP contribution in [0.5, 0.6) is 0 Å². The van der Waals surface area contributed by atoms with E-state index in [2.05, 4.69) is 6.92 Å². The third-order valence-electron chi connectivity index (χ3n) is 4.62. The highest BCUT2D eigenvalue weighted by atomic mass is 16.2. The molecule has 0 aliphatic heterocycles. The number of carbonyl (C=O) groups excluding carboxylic acids is 1. The number of hydrogen-bond donors (Lipinski definition) is 0. The zero-order valence-electron chi connectivity index (χ0n) is 13.1. The minimum absolute atomic E-state index is 0.117. The number of nitrogens with zero attached hydrogens (tertiary/aromatic N) is 1. The SMILES string of the molecule is CC1CCC(N(C(=O)c2ccccc2)c2ccccc2)CC1. The van der Waals surface area contributed by atoms with E-state index in [0.717, 1.165) is 30.0 Å². The topological polar surface area (TPSA) is 20.3 Å². The highest BCUT2D eigenvalue weighted by Gasteiger charge is 2.29. The van der Waals surface area contributed by atoms with Crippen LogP contribution in [0.25, 0.3) is 0 Å². The van der Waals surface area contributed by atoms with Crippen molar-refractivity contribution in [1.29, 1.82) is 0 Å². The first kappa shape index (κ1) is 14.8. The number of benzene rings is 2. The standard InChI is InChI=1S/C20H23NO/c1-16-12-14-19(15-13-16)21(18-10-6-3-7-11-18)20(22)17-8-4-2-5-9-17/h2-11,16,19H,12-15H2,1H3. The first-order valence-electron chi connectivity index (χ1n) is 8.19. The van der Waals surface area contributed by atoms with E-state index in [1.807, 2.05) is 65.6 Å². The van der Waals surface area contributed by atoms with Gasteiger partial charge in [-0.05, 0) is 55.9 Å². The Labute approximate surface area is 132 Å². The van der Waals surface area contributed by atoms with E-state index in [1.54, 1.807) is 0 Å². The Kier molecular flexibility index (Phi) is 4.57. The summed E-state index contributed by atoms with van der Waals surface area (Å²) in [6, 6.07) is 20.0. The van der Waals surface area contributed by atoms with Gasteiger partial charge in [-0.25, -0.2) is 0 Å². The van der Waals surface area contributed by atoms with E-state index < -0.39 is 0 Å². The Morgan fingerprint density at radius 2 is 1.41 bits per heavy atom. The molecule has 1 amide bonds. The third-order valence-corrected chi connectivity index (χ3v) is 4.62. The van der Waals surface area contributed by atoms with Gasteiger partial charge in [-0.1, -0.05) is 43.3 Å². The summed E-state index contributed by atoms with van der Waals surface area (Å²) in [5.74, 6) is 0.895. The molecule has 1 aliphatic carbocycles. The van der Waals surface area contributed by atoms with Crippen LogP contribution in [-0.4, -0.2) is 11.9 Å². The maximum absolute atomic E-state index is 13.1. The molecule has 0 atom stereocenters. The van der Waals surface area contributed by atoms with Crippen molar-refractivity contribution >= 4 is 11.6 Å². The number of para-hydroxylation sites is 1. The van der Waals surface area contributed by atoms with Gasteiger partial charge in [0.2, 0.25) is 0 Å². The van der Waals surface area contributed by atoms with Crippen molar-refractivity contribution in [2.24, 2.45) is 5.92 Å². The lowest BCUT2D eigenvalue weighted by molar-refractivity contribution is 0.0967. The lowest BCUT2D eigenvalue weighted by Gasteiger charge is -2.36. The van der Waals surface area contributed by atoms with E-state index in [0.29, 0.717) is 6.04 Å². The zero-order chi connectivity index (χ0) is 15.4. The number of anilines is 1. The largest absolute Gasteiger partial charge is 0.305 e. The van der Waals surface area contributed by atoms with Gasteiger partial charge in [0, 0.05) is 17.3 Å². The predicted molar refractivity (Wildman–Crippen MR) is 91.1 cm³/mol. The van der Waals surface area contributed by atoms with Crippen LogP contribution >= 0.6 is 0 Å². The monoisotopic (exact) mass is 293 g/mol. The van der Waals surface area contributed by atoms with Crippen LogP contribution in [0.4, 0.5) is 5.69 Å². The summed E-state index contributed by atoms with van der Waals surface area (Å²) >= 11 is 0. The Bertz CT molecular complexity index is 600. The highest BCUT2D eigenvalue weighted by molar-refractivity contribution is 6.06. The molecule has 0 aromatic heterocycles. The van der Waals surface area contributed by atoms with Gasteiger partial charge >= 0.3 is 0 Å². The Morgan fingerprint density at radius 1 is 0.864 bits per heavy atom. The van der Waals surface area contributed by atoms with Gasteiger partial charge in [0.1, 0.15) is 0 Å². The average Bonchev–Trinajstić information content (AvgIpc) is 2.58. The summed E-state index contributed by atoms with van der Waals surface area (Å²) < 4.78 is 0. The first-order chi connectivity index (χ1) is 10.8. The fourth-order valence-corrected chi connectivity index (χ4v) is 3.30. The molecular formula is C20H23NO. The Morgan fingerprint density at radius 3 is 2.00 bits per heavy atom. The molecule has 1 saturated carbocycles. The van der Waals surface area contributed by atoms with Gasteiger partial charge in [-0.15, -0.1) is 0 Å². The average molecular weight is 293 g/mol. The molecule has 22 heavy (non-hydrogen) atoms. The van der Waals surface area contributed by atoms with Crippen molar-refractivity contribution in [2.75, 3.05) is 4.90 Å². The van der Waals surface area contributed by atoms with Gasteiger partial charge in [0.15, 0.2) is 0 Å². The van der Waals surface area contributed by atoms with Crippen molar-refractivity contribution < 1.29 is 4.79 Å². The van der Waals surface area contributed by atoms with Crippen molar-refractivity contribution in [2.45, 2.75) is 38.6 Å². The molecule has 1 aliphatic rings. The van der Waals surface area contributed by atoms with E-state index in [9.17, 15) is 4.79 Å². The lowest BCUT2D eigenvalue weighted by atomic mass is 9.86. The summed E-state index contributed by atoms with van der Waals surface area (Å²) in [5.41, 5.74) is 1.78. The van der Waals surface area contributed by atoms with E-state index in [4.69, 9.17) is 0 Å². The summed E-state index contributed by atoms with van der Waals surface area (Å²) in [4.78, 5) is 15.1. The van der Waals surface area contributed by atoms with Gasteiger partial charge in [0.25, 0.3) is 5.91 Å². The first-order valence-corrected chi connectivity index (χ1v) is 8.19. The maximum Gasteiger partial charge on any atom is 0.258 e. The predicted octanol–water partition coefficient (Wildman–Crippen LogP) is 4.91. The number of rotatable bonds is 3. The normalized spacial score (nSPS) is 21.3. The van der Waals surface area contributed by atoms with Crippen LogP contribution in [-0.2, 0) is 0 Å². The molecule has 2 heteroatoms. The van der Waals surface area contributed by atoms with Gasteiger partial charge in [-0.3, -0.25) is 4.79 Å². The molecule has 2 nitrogen and oxygen atoms in total. The Balaban J connectivity index is 1.91. The van der Waals surface area contributed by atoms with E-state index in [-0.39, 0.29) is 5.91 Å². The molecular weight excluding hydrogens is 270 g/mol. The highest BCUT2D eigenvalue weighted by Crippen LogP contribution is 2.31. The summed E-state index contributed by atoms with van der Waals surface area (Å²) in [6.07, 6.45) is 4.59. The lowest BCUT2D eigenvalue weighted by Crippen LogP contribution is -2.42. The van der Waals surface area contributed by atoms with Crippen LogP contribution < -0.4 is 4.90 Å². The molecule has 0 heterocycles. The van der Waals surface area contributed by atoms with Gasteiger partial charge < -0.3 is 4.90 Å². The van der Waals surface area contributed by atoms with Gasteiger partial charge in [0.05, 0.1) is 0 Å². The van der Waals surface area contributed by atoms with Crippen molar-refractivity contribution in [3.63, 3.8) is 0 Å². The fourth-order valence-electron chi connectivity index (χ4n) is 3.30. The Hall–Kier alpha value is -2.09. The minimum Gasteiger partial charge on any atom is -0.305 e. The summed E-state index contributed by atoms with van der Waals surface area (Å²) in [7, 11) is 0. The molecule has 114 valence electrons. The number of hydrogen-bond acceptors (Lipinski definition) is 1. The van der Waals surface area contributed by atoms with Crippen LogP contribution in [0, 0.1) is 5.92 Å². The third kappa shape index (κ3) is 3.22. The number of amides is 1. The molecule has 0 unspecified atom stereocenters. The molecule has 0 radical (unpaired) electrons. The van der Waals surface area contributed by atoms with Crippen molar-refractivity contribution in [3.8, 4) is 0 Å².